The lowest BCUT2D eigenvalue weighted by atomic mass is 10.2. The third kappa shape index (κ3) is 2.68. The van der Waals surface area contributed by atoms with Crippen molar-refractivity contribution < 1.29 is 18.0 Å². The second-order valence-electron chi connectivity index (χ2n) is 4.76. The van der Waals surface area contributed by atoms with E-state index in [0.717, 1.165) is 4.68 Å². The molecule has 2 aromatic heterocycles. The van der Waals surface area contributed by atoms with Crippen LogP contribution in [0.15, 0.2) is 0 Å². The minimum Gasteiger partial charge on any atom is -0.317 e. The summed E-state index contributed by atoms with van der Waals surface area (Å²) >= 11 is 5.68. The number of nitrogens with zero attached hydrogens (tertiary/aromatic N) is 4. The monoisotopic (exact) mass is 335 g/mol. The minimum absolute atomic E-state index is 0.364. The molecule has 0 atom stereocenters. The van der Waals surface area contributed by atoms with Crippen molar-refractivity contribution in [2.75, 3.05) is 5.32 Å². The molecule has 22 heavy (non-hydrogen) atoms. The average Bonchev–Trinajstić information content (AvgIpc) is 2.80. The fraction of sp³-hybridized carbons (Fsp3) is 0.417. The average molecular weight is 336 g/mol. The summed E-state index contributed by atoms with van der Waals surface area (Å²) in [7, 11) is 2.91. The van der Waals surface area contributed by atoms with E-state index in [2.05, 4.69) is 15.5 Å². The number of amides is 1. The van der Waals surface area contributed by atoms with Crippen molar-refractivity contribution >= 4 is 23.2 Å². The molecule has 0 bridgehead atoms. The van der Waals surface area contributed by atoms with Gasteiger partial charge in [0.1, 0.15) is 10.7 Å². The van der Waals surface area contributed by atoms with Crippen LogP contribution in [0.5, 0.6) is 0 Å². The molecule has 1 amide bonds. The molecule has 0 spiro atoms. The molecule has 0 aliphatic rings. The molecule has 2 aromatic rings. The fourth-order valence-electron chi connectivity index (χ4n) is 2.05. The molecule has 120 valence electrons. The van der Waals surface area contributed by atoms with Crippen molar-refractivity contribution in [2.24, 2.45) is 14.1 Å². The largest absolute Gasteiger partial charge is 0.436 e. The Morgan fingerprint density at radius 2 is 1.77 bits per heavy atom. The number of aryl methyl sites for hydroxylation is 3. The summed E-state index contributed by atoms with van der Waals surface area (Å²) in [4.78, 5) is 12.2. The lowest BCUT2D eigenvalue weighted by molar-refractivity contribution is -0.141. The van der Waals surface area contributed by atoms with Gasteiger partial charge >= 0.3 is 6.18 Å². The molecule has 2 heterocycles. The Morgan fingerprint density at radius 3 is 2.18 bits per heavy atom. The van der Waals surface area contributed by atoms with E-state index in [-0.39, 0.29) is 5.69 Å². The highest BCUT2D eigenvalue weighted by Crippen LogP contribution is 2.35. The van der Waals surface area contributed by atoms with Crippen LogP contribution in [0, 0.1) is 13.8 Å². The van der Waals surface area contributed by atoms with Crippen LogP contribution in [0.3, 0.4) is 0 Å². The third-order valence-electron chi connectivity index (χ3n) is 3.22. The first-order valence-corrected chi connectivity index (χ1v) is 6.53. The summed E-state index contributed by atoms with van der Waals surface area (Å²) in [5.41, 5.74) is -0.0145. The fourth-order valence-corrected chi connectivity index (χ4v) is 2.41. The summed E-state index contributed by atoms with van der Waals surface area (Å²) in [6, 6.07) is 0. The zero-order valence-electron chi connectivity index (χ0n) is 12.2. The zero-order valence-corrected chi connectivity index (χ0v) is 13.0. The van der Waals surface area contributed by atoms with E-state index in [9.17, 15) is 18.0 Å². The Balaban J connectivity index is 2.41. The lowest BCUT2D eigenvalue weighted by Crippen LogP contribution is -2.17. The van der Waals surface area contributed by atoms with Crippen molar-refractivity contribution in [3.63, 3.8) is 0 Å². The number of hydrogen-bond donors (Lipinski definition) is 1. The molecule has 10 heteroatoms. The predicted molar refractivity (Wildman–Crippen MR) is 73.9 cm³/mol. The number of carbonyl (C=O) groups excluding carboxylic acids is 1. The second-order valence-corrected chi connectivity index (χ2v) is 5.13. The first kappa shape index (κ1) is 16.3. The SMILES string of the molecule is Cc1nn(C)c(C)c1NC(=O)c1c(Cl)c(C(F)(F)F)nn1C. The molecule has 0 saturated carbocycles. The van der Waals surface area contributed by atoms with Gasteiger partial charge in [-0.15, -0.1) is 0 Å². The maximum atomic E-state index is 12.8. The molecule has 0 aromatic carbocycles. The van der Waals surface area contributed by atoms with E-state index in [1.165, 1.54) is 7.05 Å². The van der Waals surface area contributed by atoms with Crippen LogP contribution >= 0.6 is 11.6 Å². The van der Waals surface area contributed by atoms with Crippen LogP contribution in [0.4, 0.5) is 18.9 Å². The predicted octanol–water partition coefficient (Wildman–Crippen LogP) is 2.69. The summed E-state index contributed by atoms with van der Waals surface area (Å²) in [6.07, 6.45) is -4.73. The van der Waals surface area contributed by atoms with Gasteiger partial charge in [0, 0.05) is 14.1 Å². The number of hydrogen-bond acceptors (Lipinski definition) is 3. The molecule has 6 nitrogen and oxygen atoms in total. The number of halogens is 4. The Kier molecular flexibility index (Phi) is 3.94. The Bertz CT molecular complexity index is 747. The molecule has 0 radical (unpaired) electrons. The highest BCUT2D eigenvalue weighted by atomic mass is 35.5. The van der Waals surface area contributed by atoms with Crippen LogP contribution in [0.25, 0.3) is 0 Å². The van der Waals surface area contributed by atoms with Crippen LogP contribution < -0.4 is 5.32 Å². The van der Waals surface area contributed by atoms with Crippen molar-refractivity contribution in [1.82, 2.24) is 19.6 Å². The number of anilines is 1. The third-order valence-corrected chi connectivity index (χ3v) is 3.58. The molecule has 0 fully saturated rings. The zero-order chi connectivity index (χ0) is 16.8. The van der Waals surface area contributed by atoms with Crippen LogP contribution in [-0.2, 0) is 20.3 Å². The van der Waals surface area contributed by atoms with E-state index in [1.807, 2.05) is 0 Å². The molecule has 1 N–H and O–H groups in total. The van der Waals surface area contributed by atoms with Gasteiger partial charge in [-0.3, -0.25) is 14.2 Å². The van der Waals surface area contributed by atoms with Crippen LogP contribution in [0.2, 0.25) is 5.02 Å². The quantitative estimate of drug-likeness (QED) is 0.917. The van der Waals surface area contributed by atoms with Gasteiger partial charge in [0.25, 0.3) is 5.91 Å². The topological polar surface area (TPSA) is 64.7 Å². The van der Waals surface area contributed by atoms with E-state index in [4.69, 9.17) is 11.6 Å². The molecule has 0 aliphatic carbocycles. The van der Waals surface area contributed by atoms with Crippen molar-refractivity contribution in [3.05, 3.63) is 27.8 Å². The van der Waals surface area contributed by atoms with E-state index < -0.39 is 22.8 Å². The smallest absolute Gasteiger partial charge is 0.317 e. The summed E-state index contributed by atoms with van der Waals surface area (Å²) in [6.45, 7) is 3.40. The Morgan fingerprint density at radius 1 is 1.18 bits per heavy atom. The number of alkyl halides is 3. The summed E-state index contributed by atoms with van der Waals surface area (Å²) in [5.74, 6) is -0.783. The summed E-state index contributed by atoms with van der Waals surface area (Å²) < 4.78 is 40.6. The first-order chi connectivity index (χ1) is 10.0. The Hall–Kier alpha value is -2.03. The number of rotatable bonds is 2. The van der Waals surface area contributed by atoms with Crippen molar-refractivity contribution in [2.45, 2.75) is 20.0 Å². The van der Waals surface area contributed by atoms with Gasteiger partial charge in [-0.05, 0) is 13.8 Å². The highest BCUT2D eigenvalue weighted by molar-refractivity contribution is 6.34. The number of aromatic nitrogens is 4. The molecule has 0 aliphatic heterocycles. The highest BCUT2D eigenvalue weighted by Gasteiger charge is 2.39. The van der Waals surface area contributed by atoms with Gasteiger partial charge in [-0.25, -0.2) is 0 Å². The molecular formula is C12H13ClF3N5O. The lowest BCUT2D eigenvalue weighted by Gasteiger charge is -2.06. The van der Waals surface area contributed by atoms with Gasteiger partial charge in [0.05, 0.1) is 17.1 Å². The van der Waals surface area contributed by atoms with Gasteiger partial charge in [0.2, 0.25) is 0 Å². The molecule has 0 saturated heterocycles. The second kappa shape index (κ2) is 5.31. The van der Waals surface area contributed by atoms with Crippen LogP contribution in [0.1, 0.15) is 27.6 Å². The van der Waals surface area contributed by atoms with E-state index >= 15 is 0 Å². The van der Waals surface area contributed by atoms with Crippen LogP contribution in [-0.4, -0.2) is 25.5 Å². The van der Waals surface area contributed by atoms with Gasteiger partial charge in [-0.1, -0.05) is 11.6 Å². The first-order valence-electron chi connectivity index (χ1n) is 6.15. The summed E-state index contributed by atoms with van der Waals surface area (Å²) in [5, 5.41) is 9.18. The van der Waals surface area contributed by atoms with Gasteiger partial charge in [0.15, 0.2) is 5.69 Å². The normalized spacial score (nSPS) is 11.8. The maximum Gasteiger partial charge on any atom is 0.436 e. The maximum absolute atomic E-state index is 12.8. The van der Waals surface area contributed by atoms with Crippen molar-refractivity contribution in [1.29, 1.82) is 0 Å². The van der Waals surface area contributed by atoms with E-state index in [1.54, 1.807) is 25.6 Å². The van der Waals surface area contributed by atoms with Crippen molar-refractivity contribution in [3.8, 4) is 0 Å². The molecular weight excluding hydrogens is 323 g/mol. The van der Waals surface area contributed by atoms with Gasteiger partial charge < -0.3 is 5.32 Å². The molecule has 2 rings (SSSR count). The molecule has 0 unspecified atom stereocenters. The minimum atomic E-state index is -4.73. The van der Waals surface area contributed by atoms with Gasteiger partial charge in [-0.2, -0.15) is 23.4 Å². The Labute approximate surface area is 128 Å². The number of carbonyl (C=O) groups is 1. The number of nitrogens with one attached hydrogen (secondary N) is 1. The standard InChI is InChI=1S/C12H13ClF3N5O/c1-5-8(6(2)20(3)18-5)17-11(22)9-7(13)10(12(14,15)16)19-21(9)4/h1-4H3,(H,17,22). The van der Waals surface area contributed by atoms with E-state index in [0.29, 0.717) is 17.1 Å².